The van der Waals surface area contributed by atoms with Crippen LogP contribution in [0.4, 0.5) is 0 Å². The molecule has 0 saturated carbocycles. The summed E-state index contributed by atoms with van der Waals surface area (Å²) in [6.07, 6.45) is 1.66. The van der Waals surface area contributed by atoms with E-state index in [2.05, 4.69) is 4.44 Å². The lowest BCUT2D eigenvalue weighted by atomic mass is 10.3. The Labute approximate surface area is 87.5 Å². The Hall–Kier alpha value is -0.600. The van der Waals surface area contributed by atoms with Crippen LogP contribution in [0.3, 0.4) is 0 Å². The van der Waals surface area contributed by atoms with Crippen LogP contribution >= 0.6 is 20.0 Å². The summed E-state index contributed by atoms with van der Waals surface area (Å²) in [5.41, 5.74) is 0.865. The molecule has 1 atom stereocenters. The second-order valence-electron chi connectivity index (χ2n) is 2.78. The summed E-state index contributed by atoms with van der Waals surface area (Å²) >= 11 is 5.02. The Morgan fingerprint density at radius 3 is 3.00 bits per heavy atom. The number of hydrogen-bond acceptors (Lipinski definition) is 3. The van der Waals surface area contributed by atoms with Gasteiger partial charge in [-0.3, -0.25) is 0 Å². The van der Waals surface area contributed by atoms with Crippen molar-refractivity contribution >= 4 is 36.3 Å². The van der Waals surface area contributed by atoms with E-state index in [1.165, 1.54) is 0 Å². The van der Waals surface area contributed by atoms with E-state index in [1.807, 2.05) is 30.9 Å². The Kier molecular flexibility index (Phi) is 3.04. The highest BCUT2D eigenvalue weighted by Gasteiger charge is 2.08. The largest absolute Gasteiger partial charge is 0.464 e. The second-order valence-corrected chi connectivity index (χ2v) is 4.56. The van der Waals surface area contributed by atoms with Gasteiger partial charge in [0.15, 0.2) is 0 Å². The fourth-order valence-electron chi connectivity index (χ4n) is 1.24. The fraction of sp³-hybridized carbons (Fsp3) is 0.111. The van der Waals surface area contributed by atoms with Crippen LogP contribution in [0, 0.1) is 0 Å². The van der Waals surface area contributed by atoms with Crippen molar-refractivity contribution < 1.29 is 13.5 Å². The topological polar surface area (TPSA) is 31.6 Å². The van der Waals surface area contributed by atoms with E-state index in [4.69, 9.17) is 21.0 Å². The van der Waals surface area contributed by atoms with Crippen molar-refractivity contribution in [2.24, 2.45) is 0 Å². The smallest absolute Gasteiger partial charge is 0.133 e. The van der Waals surface area contributed by atoms with E-state index < -0.39 is 8.15 Å². The van der Waals surface area contributed by atoms with Gasteiger partial charge in [0.05, 0.1) is 6.26 Å². The third-order valence-electron chi connectivity index (χ3n) is 1.94. The van der Waals surface area contributed by atoms with Crippen molar-refractivity contribution in [1.29, 1.82) is 0 Å². The zero-order valence-electron chi connectivity index (χ0n) is 7.44. The molecule has 0 saturated heterocycles. The average Bonchev–Trinajstić information content (AvgIpc) is 2.64. The number of rotatable bonds is 3. The Morgan fingerprint density at radius 1 is 1.36 bits per heavy atom. The molecule has 14 heavy (non-hydrogen) atoms. The van der Waals surface area contributed by atoms with Gasteiger partial charge < -0.3 is 4.42 Å². The van der Waals surface area contributed by atoms with Gasteiger partial charge in [0.1, 0.15) is 25.6 Å². The Bertz CT molecular complexity index is 429. The molecular formula is C9H8ClO3P. The predicted octanol–water partition coefficient (Wildman–Crippen LogP) is 3.19. The van der Waals surface area contributed by atoms with Crippen LogP contribution in [0.25, 0.3) is 11.0 Å². The normalized spacial score (nSPS) is 13.3. The maximum Gasteiger partial charge on any atom is 0.133 e. The van der Waals surface area contributed by atoms with Crippen LogP contribution in [0.5, 0.6) is 0 Å². The predicted molar refractivity (Wildman–Crippen MR) is 56.7 cm³/mol. The SMILES string of the molecule is CP(OOCl)c1ccc2occc2c1. The monoisotopic (exact) mass is 230 g/mol. The van der Waals surface area contributed by atoms with E-state index in [1.54, 1.807) is 6.26 Å². The highest BCUT2D eigenvalue weighted by Crippen LogP contribution is 2.32. The lowest BCUT2D eigenvalue weighted by Crippen LogP contribution is -2.00. The summed E-state index contributed by atoms with van der Waals surface area (Å²) in [6.45, 7) is 1.92. The molecule has 5 heteroatoms. The third kappa shape index (κ3) is 1.91. The summed E-state index contributed by atoms with van der Waals surface area (Å²) in [4.78, 5) is 0. The van der Waals surface area contributed by atoms with Gasteiger partial charge in [-0.05, 0) is 30.9 Å². The molecule has 74 valence electrons. The quantitative estimate of drug-likeness (QED) is 0.461. The van der Waals surface area contributed by atoms with Gasteiger partial charge in [0, 0.05) is 10.7 Å². The van der Waals surface area contributed by atoms with Gasteiger partial charge in [0.25, 0.3) is 0 Å². The molecule has 0 fully saturated rings. The van der Waals surface area contributed by atoms with Crippen LogP contribution in [-0.4, -0.2) is 6.66 Å². The van der Waals surface area contributed by atoms with Crippen molar-refractivity contribution in [3.8, 4) is 0 Å². The number of halogens is 1. The Balaban J connectivity index is 2.33. The van der Waals surface area contributed by atoms with Crippen molar-refractivity contribution in [2.75, 3.05) is 6.66 Å². The highest BCUT2D eigenvalue weighted by atomic mass is 35.5. The summed E-state index contributed by atoms with van der Waals surface area (Å²) in [5, 5.41) is 2.10. The zero-order chi connectivity index (χ0) is 9.97. The van der Waals surface area contributed by atoms with E-state index >= 15 is 0 Å². The lowest BCUT2D eigenvalue weighted by molar-refractivity contribution is -0.0775. The molecule has 1 aromatic heterocycles. The molecule has 0 aliphatic carbocycles. The van der Waals surface area contributed by atoms with Gasteiger partial charge in [0.2, 0.25) is 0 Å². The van der Waals surface area contributed by atoms with Gasteiger partial charge in [-0.15, -0.1) is 4.44 Å². The first-order chi connectivity index (χ1) is 6.81. The Morgan fingerprint density at radius 2 is 2.21 bits per heavy atom. The van der Waals surface area contributed by atoms with E-state index in [0.717, 1.165) is 16.3 Å². The van der Waals surface area contributed by atoms with Gasteiger partial charge in [-0.2, -0.15) is 4.67 Å². The summed E-state index contributed by atoms with van der Waals surface area (Å²) < 4.78 is 14.2. The average molecular weight is 231 g/mol. The highest BCUT2D eigenvalue weighted by molar-refractivity contribution is 7.60. The standard InChI is InChI=1S/C9H8ClO3P/c1-14(13-12-10)8-2-3-9-7(6-8)4-5-11-9/h2-6H,1H3. The van der Waals surface area contributed by atoms with Crippen LogP contribution < -0.4 is 5.30 Å². The molecule has 2 aromatic rings. The van der Waals surface area contributed by atoms with Gasteiger partial charge in [-0.1, -0.05) is 0 Å². The molecule has 0 aliphatic rings. The molecule has 2 rings (SSSR count). The minimum Gasteiger partial charge on any atom is -0.464 e. The van der Waals surface area contributed by atoms with Crippen LogP contribution in [0.1, 0.15) is 0 Å². The maximum atomic E-state index is 5.22. The molecule has 0 aliphatic heterocycles. The maximum absolute atomic E-state index is 5.22. The van der Waals surface area contributed by atoms with Crippen LogP contribution in [-0.2, 0) is 9.11 Å². The summed E-state index contributed by atoms with van der Waals surface area (Å²) in [5.74, 6) is 0. The summed E-state index contributed by atoms with van der Waals surface area (Å²) in [6, 6.07) is 7.75. The van der Waals surface area contributed by atoms with Crippen LogP contribution in [0.2, 0.25) is 0 Å². The molecule has 1 aromatic carbocycles. The number of fused-ring (bicyclic) bond motifs is 1. The first-order valence-electron chi connectivity index (χ1n) is 3.97. The van der Waals surface area contributed by atoms with E-state index in [-0.39, 0.29) is 0 Å². The van der Waals surface area contributed by atoms with Crippen molar-refractivity contribution in [3.05, 3.63) is 30.5 Å². The van der Waals surface area contributed by atoms with Crippen molar-refractivity contribution in [3.63, 3.8) is 0 Å². The molecular weight excluding hydrogens is 223 g/mol. The number of furan rings is 1. The van der Waals surface area contributed by atoms with Crippen molar-refractivity contribution in [1.82, 2.24) is 0 Å². The fourth-order valence-corrected chi connectivity index (χ4v) is 2.26. The molecule has 1 unspecified atom stereocenters. The molecule has 0 amide bonds. The minimum atomic E-state index is -0.826. The van der Waals surface area contributed by atoms with Crippen molar-refractivity contribution in [2.45, 2.75) is 0 Å². The van der Waals surface area contributed by atoms with E-state index in [9.17, 15) is 0 Å². The third-order valence-corrected chi connectivity index (χ3v) is 3.39. The molecule has 3 nitrogen and oxygen atoms in total. The molecule has 0 N–H and O–H groups in total. The first kappa shape index (κ1) is 9.94. The second kappa shape index (κ2) is 4.28. The minimum absolute atomic E-state index is 0.826. The molecule has 0 bridgehead atoms. The number of hydrogen-bond donors (Lipinski definition) is 0. The summed E-state index contributed by atoms with van der Waals surface area (Å²) in [7, 11) is -0.826. The van der Waals surface area contributed by atoms with Gasteiger partial charge >= 0.3 is 0 Å². The van der Waals surface area contributed by atoms with E-state index in [0.29, 0.717) is 0 Å². The first-order valence-corrected chi connectivity index (χ1v) is 5.99. The molecule has 1 heterocycles. The van der Waals surface area contributed by atoms with Gasteiger partial charge in [-0.25, -0.2) is 0 Å². The molecule has 0 radical (unpaired) electrons. The molecule has 0 spiro atoms. The lowest BCUT2D eigenvalue weighted by Gasteiger charge is -2.07. The zero-order valence-corrected chi connectivity index (χ0v) is 9.09. The number of benzene rings is 1. The van der Waals surface area contributed by atoms with Crippen LogP contribution in [0.15, 0.2) is 34.9 Å².